The van der Waals surface area contributed by atoms with Gasteiger partial charge in [0.1, 0.15) is 22.4 Å². The second kappa shape index (κ2) is 8.09. The molecule has 6 rings (SSSR count). The molecule has 0 radical (unpaired) electrons. The van der Waals surface area contributed by atoms with Gasteiger partial charge in [0.15, 0.2) is 5.82 Å². The van der Waals surface area contributed by atoms with Crippen LogP contribution in [0, 0.1) is 23.0 Å². The Hall–Kier alpha value is -3.39. The van der Waals surface area contributed by atoms with Crippen LogP contribution in [-0.4, -0.2) is 48.1 Å². The first-order valence-electron chi connectivity index (χ1n) is 11.3. The van der Waals surface area contributed by atoms with Gasteiger partial charge in [-0.3, -0.25) is 0 Å². The molecule has 2 aromatic carbocycles. The molecule has 4 heterocycles. The fourth-order valence-corrected chi connectivity index (χ4v) is 6.14. The molecule has 10 heteroatoms. The van der Waals surface area contributed by atoms with E-state index in [1.54, 1.807) is 6.20 Å². The van der Waals surface area contributed by atoms with E-state index in [1.807, 2.05) is 14.1 Å². The molecule has 0 spiro atoms. The standard InChI is InChI=1S/C25H22F2N6OS/c1-32(2)12-5-6-33(9-12)25-30-8-15-16-10-34-11-17(16)19(21(27)22(15)31-25)13-3-4-18(26)23-20(13)14(7-28)24(29)35-23/h3-4,8,12H,5-6,9-11,29H2,1-2H3/t12-/m1/s1. The molecule has 4 aromatic rings. The lowest BCUT2D eigenvalue weighted by Gasteiger charge is -2.21. The van der Waals surface area contributed by atoms with Crippen LogP contribution in [0.5, 0.6) is 0 Å². The Morgan fingerprint density at radius 2 is 2.06 bits per heavy atom. The summed E-state index contributed by atoms with van der Waals surface area (Å²) in [6.07, 6.45) is 2.65. The smallest absolute Gasteiger partial charge is 0.226 e. The first kappa shape index (κ1) is 22.1. The number of halogens is 2. The number of ether oxygens (including phenoxy) is 1. The van der Waals surface area contributed by atoms with Crippen LogP contribution in [0.1, 0.15) is 23.1 Å². The molecular formula is C25H22F2N6OS. The number of fused-ring (bicyclic) bond motifs is 4. The highest BCUT2D eigenvalue weighted by molar-refractivity contribution is 7.23. The van der Waals surface area contributed by atoms with Crippen molar-refractivity contribution >= 4 is 43.3 Å². The van der Waals surface area contributed by atoms with E-state index in [0.717, 1.165) is 36.4 Å². The third-order valence-electron chi connectivity index (χ3n) is 7.06. The number of anilines is 2. The monoisotopic (exact) mass is 492 g/mol. The van der Waals surface area contributed by atoms with Crippen LogP contribution in [0.2, 0.25) is 0 Å². The molecule has 0 amide bonds. The van der Waals surface area contributed by atoms with Gasteiger partial charge in [-0.05, 0) is 43.3 Å². The molecule has 2 aromatic heterocycles. The van der Waals surface area contributed by atoms with Crippen LogP contribution in [0.15, 0.2) is 18.3 Å². The molecular weight excluding hydrogens is 470 g/mol. The molecule has 0 saturated carbocycles. The summed E-state index contributed by atoms with van der Waals surface area (Å²) in [5, 5.41) is 10.9. The van der Waals surface area contributed by atoms with Crippen LogP contribution >= 0.6 is 11.3 Å². The van der Waals surface area contributed by atoms with E-state index in [1.165, 1.54) is 12.1 Å². The fraction of sp³-hybridized carbons (Fsp3) is 0.320. The van der Waals surface area contributed by atoms with Crippen LogP contribution in [0.3, 0.4) is 0 Å². The summed E-state index contributed by atoms with van der Waals surface area (Å²) in [4.78, 5) is 13.5. The van der Waals surface area contributed by atoms with Crippen molar-refractivity contribution in [1.29, 1.82) is 5.26 Å². The number of thiophene rings is 1. The van der Waals surface area contributed by atoms with E-state index in [9.17, 15) is 9.65 Å². The fourth-order valence-electron chi connectivity index (χ4n) is 5.19. The summed E-state index contributed by atoms with van der Waals surface area (Å²) < 4.78 is 37.0. The molecule has 2 aliphatic heterocycles. The van der Waals surface area contributed by atoms with Crippen molar-refractivity contribution in [2.24, 2.45) is 0 Å². The van der Waals surface area contributed by atoms with Gasteiger partial charge in [-0.25, -0.2) is 18.7 Å². The maximum atomic E-state index is 16.4. The lowest BCUT2D eigenvalue weighted by Crippen LogP contribution is -2.32. The van der Waals surface area contributed by atoms with E-state index < -0.39 is 11.6 Å². The van der Waals surface area contributed by atoms with E-state index in [4.69, 9.17) is 10.5 Å². The Morgan fingerprint density at radius 1 is 1.26 bits per heavy atom. The van der Waals surface area contributed by atoms with Gasteiger partial charge in [0.25, 0.3) is 0 Å². The van der Waals surface area contributed by atoms with Gasteiger partial charge in [-0.15, -0.1) is 11.3 Å². The third kappa shape index (κ3) is 3.26. The zero-order valence-electron chi connectivity index (χ0n) is 19.2. The molecule has 2 N–H and O–H groups in total. The number of benzene rings is 2. The van der Waals surface area contributed by atoms with Crippen LogP contribution in [0.4, 0.5) is 19.7 Å². The lowest BCUT2D eigenvalue weighted by molar-refractivity contribution is 0.135. The van der Waals surface area contributed by atoms with Gasteiger partial charge < -0.3 is 20.3 Å². The SMILES string of the molecule is CN(C)[C@@H]1CCN(c2ncc3c4c(c(-c5ccc(F)c6sc(N)c(C#N)c56)c(F)c3n2)COC4)C1. The second-order valence-corrected chi connectivity index (χ2v) is 10.2. The summed E-state index contributed by atoms with van der Waals surface area (Å²) in [6, 6.07) is 5.25. The highest BCUT2D eigenvalue weighted by atomic mass is 32.1. The first-order chi connectivity index (χ1) is 16.9. The average Bonchev–Trinajstić information content (AvgIpc) is 3.59. The van der Waals surface area contributed by atoms with Crippen molar-refractivity contribution < 1.29 is 13.5 Å². The van der Waals surface area contributed by atoms with Gasteiger partial charge >= 0.3 is 0 Å². The predicted octanol–water partition coefficient (Wildman–Crippen LogP) is 4.41. The summed E-state index contributed by atoms with van der Waals surface area (Å²) in [5.41, 5.74) is 8.55. The number of likely N-dealkylation sites (N-methyl/N-ethyl adjacent to an activating group) is 1. The number of hydrogen-bond donors (Lipinski definition) is 1. The Labute approximate surface area is 204 Å². The molecule has 1 atom stereocenters. The quantitative estimate of drug-likeness (QED) is 0.453. The van der Waals surface area contributed by atoms with Crippen molar-refractivity contribution in [3.8, 4) is 17.2 Å². The molecule has 2 aliphatic rings. The number of rotatable bonds is 3. The van der Waals surface area contributed by atoms with Crippen LogP contribution < -0.4 is 10.6 Å². The Kier molecular flexibility index (Phi) is 5.11. The van der Waals surface area contributed by atoms with Crippen molar-refractivity contribution in [2.75, 3.05) is 37.8 Å². The maximum Gasteiger partial charge on any atom is 0.226 e. The molecule has 0 unspecified atom stereocenters. The van der Waals surface area contributed by atoms with Gasteiger partial charge in [0.05, 0.1) is 23.5 Å². The minimum absolute atomic E-state index is 0.154. The number of nitrogens with two attached hydrogens (primary N) is 1. The maximum absolute atomic E-state index is 16.4. The lowest BCUT2D eigenvalue weighted by atomic mass is 9.91. The number of aromatic nitrogens is 2. The van der Waals surface area contributed by atoms with Crippen molar-refractivity contribution in [1.82, 2.24) is 14.9 Å². The molecule has 0 aliphatic carbocycles. The summed E-state index contributed by atoms with van der Waals surface area (Å²) >= 11 is 0.994. The zero-order valence-corrected chi connectivity index (χ0v) is 20.0. The van der Waals surface area contributed by atoms with Gasteiger partial charge in [0.2, 0.25) is 5.95 Å². The number of hydrogen-bond acceptors (Lipinski definition) is 8. The normalized spacial score (nSPS) is 17.6. The highest BCUT2D eigenvalue weighted by Crippen LogP contribution is 2.46. The highest BCUT2D eigenvalue weighted by Gasteiger charge is 2.30. The number of nitriles is 1. The van der Waals surface area contributed by atoms with Crippen molar-refractivity contribution in [3.05, 3.63) is 46.7 Å². The van der Waals surface area contributed by atoms with E-state index in [-0.39, 0.29) is 33.0 Å². The Morgan fingerprint density at radius 3 is 2.80 bits per heavy atom. The van der Waals surface area contributed by atoms with Gasteiger partial charge in [0, 0.05) is 41.7 Å². The van der Waals surface area contributed by atoms with Crippen molar-refractivity contribution in [2.45, 2.75) is 25.7 Å². The van der Waals surface area contributed by atoms with Gasteiger partial charge in [-0.1, -0.05) is 6.07 Å². The van der Waals surface area contributed by atoms with Crippen LogP contribution in [0.25, 0.3) is 32.1 Å². The third-order valence-corrected chi connectivity index (χ3v) is 8.09. The van der Waals surface area contributed by atoms with Crippen molar-refractivity contribution in [3.63, 3.8) is 0 Å². The zero-order chi connectivity index (χ0) is 24.4. The minimum atomic E-state index is -0.530. The summed E-state index contributed by atoms with van der Waals surface area (Å²) in [7, 11) is 4.08. The Balaban J connectivity index is 1.60. The van der Waals surface area contributed by atoms with Gasteiger partial charge in [-0.2, -0.15) is 5.26 Å². The average molecular weight is 493 g/mol. The second-order valence-electron chi connectivity index (χ2n) is 9.18. The first-order valence-corrected chi connectivity index (χ1v) is 12.1. The molecule has 0 bridgehead atoms. The van der Waals surface area contributed by atoms with E-state index in [2.05, 4.69) is 25.8 Å². The van der Waals surface area contributed by atoms with Crippen LogP contribution in [-0.2, 0) is 18.0 Å². The molecule has 7 nitrogen and oxygen atoms in total. The topological polar surface area (TPSA) is 91.3 Å². The predicted molar refractivity (Wildman–Crippen MR) is 132 cm³/mol. The number of nitrogens with zero attached hydrogens (tertiary/aromatic N) is 5. The van der Waals surface area contributed by atoms with E-state index >= 15 is 4.39 Å². The summed E-state index contributed by atoms with van der Waals surface area (Å²) in [5.74, 6) is -0.546. The Bertz CT molecular complexity index is 1560. The molecule has 178 valence electrons. The molecule has 1 fully saturated rings. The van der Waals surface area contributed by atoms with E-state index in [0.29, 0.717) is 40.5 Å². The largest absolute Gasteiger partial charge is 0.389 e. The minimum Gasteiger partial charge on any atom is -0.389 e. The number of nitrogen functional groups attached to an aromatic ring is 1. The summed E-state index contributed by atoms with van der Waals surface area (Å²) in [6.45, 7) is 2.06. The molecule has 1 saturated heterocycles. The molecule has 35 heavy (non-hydrogen) atoms.